The summed E-state index contributed by atoms with van der Waals surface area (Å²) in [6, 6.07) is 20.2. The van der Waals surface area contributed by atoms with Crippen molar-refractivity contribution in [2.75, 3.05) is 10.6 Å². The number of hydrogen-bond acceptors (Lipinski definition) is 3. The highest BCUT2D eigenvalue weighted by atomic mass is 35.5. The SMILES string of the molecule is CCCC(Oc1ccc([C@@H]2C[C@@H]2C(=O)O)cc1NC(=O)Nc1ccc(C)cc1)c1ccc(Cl)cc1. The summed E-state index contributed by atoms with van der Waals surface area (Å²) >= 11 is 6.06. The molecule has 1 unspecified atom stereocenters. The zero-order valence-electron chi connectivity index (χ0n) is 19.8. The molecule has 3 N–H and O–H groups in total. The van der Waals surface area contributed by atoms with E-state index < -0.39 is 17.9 Å². The van der Waals surface area contributed by atoms with Gasteiger partial charge in [0.05, 0.1) is 11.6 Å². The van der Waals surface area contributed by atoms with Crippen LogP contribution in [0.2, 0.25) is 5.02 Å². The lowest BCUT2D eigenvalue weighted by Gasteiger charge is -2.22. The molecule has 1 aliphatic carbocycles. The van der Waals surface area contributed by atoms with E-state index in [0.717, 1.165) is 29.5 Å². The third-order valence-electron chi connectivity index (χ3n) is 6.16. The Labute approximate surface area is 210 Å². The standard InChI is InChI=1S/C28H29ClN2O4/c1-3-4-25(18-7-10-20(29)11-8-18)35-26-14-9-19(22-16-23(22)27(32)33)15-24(26)31-28(34)30-21-12-5-17(2)6-13-21/h5-15,22-23,25H,3-4,16H2,1-2H3,(H,32,33)(H2,30,31,34)/t22-,23-,25?/m0/s1. The average molecular weight is 493 g/mol. The average Bonchev–Trinajstić information content (AvgIpc) is 3.63. The van der Waals surface area contributed by atoms with Crippen molar-refractivity contribution in [1.82, 2.24) is 0 Å². The summed E-state index contributed by atoms with van der Waals surface area (Å²) in [6.07, 6.45) is 2.05. The van der Waals surface area contributed by atoms with Crippen LogP contribution < -0.4 is 15.4 Å². The van der Waals surface area contributed by atoms with Crippen molar-refractivity contribution in [3.63, 3.8) is 0 Å². The van der Waals surface area contributed by atoms with Crippen LogP contribution in [0.25, 0.3) is 0 Å². The molecule has 6 nitrogen and oxygen atoms in total. The number of nitrogens with one attached hydrogen (secondary N) is 2. The number of aryl methyl sites for hydroxylation is 1. The van der Waals surface area contributed by atoms with E-state index in [1.54, 1.807) is 0 Å². The van der Waals surface area contributed by atoms with Crippen LogP contribution in [0.15, 0.2) is 66.7 Å². The van der Waals surface area contributed by atoms with Gasteiger partial charge in [0, 0.05) is 10.7 Å². The third-order valence-corrected chi connectivity index (χ3v) is 6.41. The van der Waals surface area contributed by atoms with Crippen LogP contribution in [-0.2, 0) is 4.79 Å². The van der Waals surface area contributed by atoms with E-state index in [1.807, 2.05) is 73.7 Å². The first-order chi connectivity index (χ1) is 16.8. The molecule has 7 heteroatoms. The van der Waals surface area contributed by atoms with Crippen molar-refractivity contribution < 1.29 is 19.4 Å². The second-order valence-corrected chi connectivity index (χ2v) is 9.37. The summed E-state index contributed by atoms with van der Waals surface area (Å²) in [5, 5.41) is 15.7. The maximum absolute atomic E-state index is 12.8. The largest absolute Gasteiger partial charge is 0.484 e. The van der Waals surface area contributed by atoms with Crippen molar-refractivity contribution in [2.45, 2.75) is 45.1 Å². The van der Waals surface area contributed by atoms with Gasteiger partial charge in [-0.2, -0.15) is 0 Å². The summed E-state index contributed by atoms with van der Waals surface area (Å²) < 4.78 is 6.41. The Kier molecular flexibility index (Phi) is 7.61. The molecule has 0 heterocycles. The van der Waals surface area contributed by atoms with Gasteiger partial charge in [-0.15, -0.1) is 0 Å². The summed E-state index contributed by atoms with van der Waals surface area (Å²) in [5.74, 6) is -0.732. The van der Waals surface area contributed by atoms with Crippen molar-refractivity contribution in [3.05, 3.63) is 88.4 Å². The fraction of sp³-hybridized carbons (Fsp3) is 0.286. The highest BCUT2D eigenvalue weighted by molar-refractivity contribution is 6.30. The second-order valence-electron chi connectivity index (χ2n) is 8.93. The van der Waals surface area contributed by atoms with Crippen LogP contribution in [0.3, 0.4) is 0 Å². The van der Waals surface area contributed by atoms with Crippen molar-refractivity contribution in [1.29, 1.82) is 0 Å². The molecule has 3 aromatic rings. The predicted octanol–water partition coefficient (Wildman–Crippen LogP) is 7.40. The first-order valence-electron chi connectivity index (χ1n) is 11.8. The van der Waals surface area contributed by atoms with Crippen LogP contribution in [0, 0.1) is 12.8 Å². The van der Waals surface area contributed by atoms with E-state index in [1.165, 1.54) is 0 Å². The first-order valence-corrected chi connectivity index (χ1v) is 12.2. The molecule has 0 spiro atoms. The molecule has 0 aromatic heterocycles. The number of carbonyl (C=O) groups excluding carboxylic acids is 1. The Morgan fingerprint density at radius 3 is 2.40 bits per heavy atom. The maximum Gasteiger partial charge on any atom is 0.323 e. The van der Waals surface area contributed by atoms with E-state index in [2.05, 4.69) is 17.6 Å². The Morgan fingerprint density at radius 2 is 1.77 bits per heavy atom. The van der Waals surface area contributed by atoms with Crippen molar-refractivity contribution in [2.24, 2.45) is 5.92 Å². The van der Waals surface area contributed by atoms with E-state index in [4.69, 9.17) is 16.3 Å². The third kappa shape index (κ3) is 6.34. The maximum atomic E-state index is 12.8. The summed E-state index contributed by atoms with van der Waals surface area (Å²) in [4.78, 5) is 24.2. The van der Waals surface area contributed by atoms with Gasteiger partial charge < -0.3 is 20.5 Å². The number of benzene rings is 3. The van der Waals surface area contributed by atoms with Crippen LogP contribution >= 0.6 is 11.6 Å². The highest BCUT2D eigenvalue weighted by Gasteiger charge is 2.44. The number of anilines is 2. The van der Waals surface area contributed by atoms with Crippen molar-refractivity contribution >= 4 is 35.0 Å². The van der Waals surface area contributed by atoms with Crippen molar-refractivity contribution in [3.8, 4) is 5.75 Å². The minimum Gasteiger partial charge on any atom is -0.484 e. The van der Waals surface area contributed by atoms with Crippen LogP contribution in [0.4, 0.5) is 16.2 Å². The number of ether oxygens (including phenoxy) is 1. The Bertz CT molecular complexity index is 1190. The number of aliphatic carboxylic acids is 1. The molecule has 0 radical (unpaired) electrons. The predicted molar refractivity (Wildman–Crippen MR) is 138 cm³/mol. The molecular weight excluding hydrogens is 464 g/mol. The lowest BCUT2D eigenvalue weighted by atomic mass is 10.0. The van der Waals surface area contributed by atoms with Gasteiger partial charge in [-0.3, -0.25) is 4.79 Å². The summed E-state index contributed by atoms with van der Waals surface area (Å²) in [6.45, 7) is 4.07. The van der Waals surface area contributed by atoms with E-state index >= 15 is 0 Å². The van der Waals surface area contributed by atoms with Gasteiger partial charge in [0.2, 0.25) is 0 Å². The Hall–Kier alpha value is -3.51. The van der Waals surface area contributed by atoms with Gasteiger partial charge in [-0.1, -0.05) is 60.8 Å². The molecule has 4 rings (SSSR count). The number of halogens is 1. The monoisotopic (exact) mass is 492 g/mol. The van der Waals surface area contributed by atoms with Crippen LogP contribution in [-0.4, -0.2) is 17.1 Å². The summed E-state index contributed by atoms with van der Waals surface area (Å²) in [7, 11) is 0. The molecule has 1 aliphatic rings. The molecule has 1 saturated carbocycles. The number of urea groups is 1. The second kappa shape index (κ2) is 10.8. The first kappa shape index (κ1) is 24.6. The number of carboxylic acids is 1. The number of carboxylic acid groups (broad SMARTS) is 1. The van der Waals surface area contributed by atoms with Gasteiger partial charge in [-0.25, -0.2) is 4.79 Å². The molecule has 0 saturated heterocycles. The number of carbonyl (C=O) groups is 2. The molecule has 182 valence electrons. The highest BCUT2D eigenvalue weighted by Crippen LogP contribution is 2.49. The molecule has 3 atom stereocenters. The van der Waals surface area contributed by atoms with E-state index in [9.17, 15) is 14.7 Å². The molecule has 2 amide bonds. The molecule has 0 aliphatic heterocycles. The zero-order chi connectivity index (χ0) is 24.9. The lowest BCUT2D eigenvalue weighted by molar-refractivity contribution is -0.138. The van der Waals surface area contributed by atoms with E-state index in [-0.39, 0.29) is 12.0 Å². The fourth-order valence-corrected chi connectivity index (χ4v) is 4.25. The van der Waals surface area contributed by atoms with Crippen LogP contribution in [0.5, 0.6) is 5.75 Å². The zero-order valence-corrected chi connectivity index (χ0v) is 20.5. The smallest absolute Gasteiger partial charge is 0.323 e. The molecule has 35 heavy (non-hydrogen) atoms. The number of rotatable bonds is 9. The topological polar surface area (TPSA) is 87.7 Å². The van der Waals surface area contributed by atoms with E-state index in [0.29, 0.717) is 28.6 Å². The quantitative estimate of drug-likeness (QED) is 0.290. The minimum absolute atomic E-state index is 0.0648. The van der Waals surface area contributed by atoms with Gasteiger partial charge in [-0.05, 0) is 73.2 Å². The minimum atomic E-state index is -0.798. The summed E-state index contributed by atoms with van der Waals surface area (Å²) in [5.41, 5.74) is 4.13. The lowest BCUT2D eigenvalue weighted by Crippen LogP contribution is -2.20. The van der Waals surface area contributed by atoms with Gasteiger partial charge in [0.25, 0.3) is 0 Å². The molecule has 1 fully saturated rings. The number of amides is 2. The Balaban J connectivity index is 1.59. The fourth-order valence-electron chi connectivity index (χ4n) is 4.12. The molecule has 3 aromatic carbocycles. The normalized spacial score (nSPS) is 17.3. The molecule has 0 bridgehead atoms. The van der Waals surface area contributed by atoms with Gasteiger partial charge in [0.1, 0.15) is 11.9 Å². The molecular formula is C28H29ClN2O4. The van der Waals surface area contributed by atoms with Gasteiger partial charge >= 0.3 is 12.0 Å². The number of hydrogen-bond donors (Lipinski definition) is 3. The van der Waals surface area contributed by atoms with Gasteiger partial charge in [0.15, 0.2) is 0 Å². The van der Waals surface area contributed by atoms with Crippen LogP contribution in [0.1, 0.15) is 54.9 Å². The Morgan fingerprint density at radius 1 is 1.06 bits per heavy atom.